The molecule has 5 heteroatoms. The molecule has 0 radical (unpaired) electrons. The highest BCUT2D eigenvalue weighted by molar-refractivity contribution is 7.98. The number of nitrogens with zero attached hydrogens (tertiary/aromatic N) is 1. The van der Waals surface area contributed by atoms with Crippen LogP contribution >= 0.6 is 11.8 Å². The van der Waals surface area contributed by atoms with Crippen LogP contribution in [0.3, 0.4) is 0 Å². The van der Waals surface area contributed by atoms with Crippen molar-refractivity contribution in [2.75, 3.05) is 23.0 Å². The summed E-state index contributed by atoms with van der Waals surface area (Å²) in [5.74, 6) is 0.568. The molecule has 1 aliphatic heterocycles. The van der Waals surface area contributed by atoms with Crippen molar-refractivity contribution in [2.24, 2.45) is 0 Å². The summed E-state index contributed by atoms with van der Waals surface area (Å²) in [4.78, 5) is 15.7. The number of carbonyl (C=O) groups excluding carboxylic acids is 1. The third kappa shape index (κ3) is 4.31. The summed E-state index contributed by atoms with van der Waals surface area (Å²) < 4.78 is 5.50. The highest BCUT2D eigenvalue weighted by Gasteiger charge is 2.20. The molecule has 1 heterocycles. The van der Waals surface area contributed by atoms with Crippen LogP contribution in [0.25, 0.3) is 0 Å². The molecule has 28 heavy (non-hydrogen) atoms. The molecule has 4 nitrogen and oxygen atoms in total. The highest BCUT2D eigenvalue weighted by Crippen LogP contribution is 2.32. The first-order chi connectivity index (χ1) is 13.7. The largest absolute Gasteiger partial charge is 0.417 e. The summed E-state index contributed by atoms with van der Waals surface area (Å²) in [5.41, 5.74) is 4.45. The molecule has 0 atom stereocenters. The standard InChI is InChI=1S/C23H22N2O2S/c1-28-21-9-5-8-19(15-21)24-23(26)27-20-10-11-22-18(14-20)12-13-25(22)16-17-6-3-2-4-7-17/h2-11,14-15H,12-13,16H2,1H3,(H,24,26). The van der Waals surface area contributed by atoms with Gasteiger partial charge in [-0.1, -0.05) is 36.4 Å². The zero-order valence-electron chi connectivity index (χ0n) is 15.7. The lowest BCUT2D eigenvalue weighted by Gasteiger charge is -2.19. The zero-order valence-corrected chi connectivity index (χ0v) is 16.5. The molecule has 0 saturated carbocycles. The zero-order chi connectivity index (χ0) is 19.3. The van der Waals surface area contributed by atoms with Crippen LogP contribution < -0.4 is 15.0 Å². The van der Waals surface area contributed by atoms with Crippen LogP contribution in [0.1, 0.15) is 11.1 Å². The van der Waals surface area contributed by atoms with E-state index in [0.717, 1.165) is 30.1 Å². The number of ether oxygens (including phenoxy) is 1. The molecule has 142 valence electrons. The number of hydrogen-bond acceptors (Lipinski definition) is 4. The Hall–Kier alpha value is -2.92. The molecule has 0 aromatic heterocycles. The van der Waals surface area contributed by atoms with E-state index < -0.39 is 6.09 Å². The summed E-state index contributed by atoms with van der Waals surface area (Å²) in [6, 6.07) is 24.0. The van der Waals surface area contributed by atoms with Crippen molar-refractivity contribution in [1.82, 2.24) is 0 Å². The molecule has 0 fully saturated rings. The summed E-state index contributed by atoms with van der Waals surface area (Å²) in [7, 11) is 0. The van der Waals surface area contributed by atoms with Gasteiger partial charge in [0.1, 0.15) is 5.75 Å². The van der Waals surface area contributed by atoms with Gasteiger partial charge in [0.15, 0.2) is 0 Å². The second kappa shape index (κ2) is 8.40. The van der Waals surface area contributed by atoms with E-state index in [-0.39, 0.29) is 0 Å². The molecule has 1 aliphatic rings. The topological polar surface area (TPSA) is 41.6 Å². The molecule has 0 unspecified atom stereocenters. The van der Waals surface area contributed by atoms with Crippen LogP contribution in [0, 0.1) is 0 Å². The number of hydrogen-bond donors (Lipinski definition) is 1. The molecule has 1 N–H and O–H groups in total. The van der Waals surface area contributed by atoms with Gasteiger partial charge in [-0.2, -0.15) is 0 Å². The van der Waals surface area contributed by atoms with Gasteiger partial charge in [-0.05, 0) is 60.2 Å². The van der Waals surface area contributed by atoms with Crippen molar-refractivity contribution >= 4 is 29.2 Å². The van der Waals surface area contributed by atoms with Crippen LogP contribution in [0.2, 0.25) is 0 Å². The second-order valence-electron chi connectivity index (χ2n) is 6.69. The average molecular weight is 391 g/mol. The Morgan fingerprint density at radius 3 is 2.75 bits per heavy atom. The molecule has 3 aromatic carbocycles. The number of benzene rings is 3. The number of rotatable bonds is 5. The Labute approximate surface area is 169 Å². The number of fused-ring (bicyclic) bond motifs is 1. The Morgan fingerprint density at radius 2 is 1.93 bits per heavy atom. The van der Waals surface area contributed by atoms with Gasteiger partial charge in [-0.25, -0.2) is 4.79 Å². The van der Waals surface area contributed by atoms with Crippen LogP contribution in [-0.4, -0.2) is 18.9 Å². The van der Waals surface area contributed by atoms with Gasteiger partial charge >= 0.3 is 6.09 Å². The quantitative estimate of drug-likeness (QED) is 0.577. The van der Waals surface area contributed by atoms with Gasteiger partial charge < -0.3 is 9.64 Å². The number of anilines is 2. The van der Waals surface area contributed by atoms with Crippen molar-refractivity contribution in [1.29, 1.82) is 0 Å². The predicted octanol–water partition coefficient (Wildman–Crippen LogP) is 5.58. The Bertz CT molecular complexity index is 975. The number of amides is 1. The molecule has 0 aliphatic carbocycles. The molecule has 1 amide bonds. The first-order valence-corrected chi connectivity index (χ1v) is 10.5. The molecular weight excluding hydrogens is 368 g/mol. The lowest BCUT2D eigenvalue weighted by Crippen LogP contribution is -2.19. The van der Waals surface area contributed by atoms with E-state index in [1.165, 1.54) is 16.8 Å². The first kappa shape index (κ1) is 18.4. The van der Waals surface area contributed by atoms with Gasteiger partial charge in [0.2, 0.25) is 0 Å². The van der Waals surface area contributed by atoms with E-state index in [1.807, 2.05) is 54.8 Å². The van der Waals surface area contributed by atoms with Crippen molar-refractivity contribution in [3.63, 3.8) is 0 Å². The smallest absolute Gasteiger partial charge is 0.410 e. The maximum absolute atomic E-state index is 12.2. The van der Waals surface area contributed by atoms with Crippen LogP contribution in [0.15, 0.2) is 77.7 Å². The summed E-state index contributed by atoms with van der Waals surface area (Å²) in [6.45, 7) is 1.86. The van der Waals surface area contributed by atoms with Crippen molar-refractivity contribution in [3.05, 3.63) is 83.9 Å². The van der Waals surface area contributed by atoms with E-state index in [2.05, 4.69) is 34.5 Å². The molecular formula is C23H22N2O2S. The molecule has 0 spiro atoms. The fourth-order valence-corrected chi connectivity index (χ4v) is 3.89. The predicted molar refractivity (Wildman–Crippen MR) is 116 cm³/mol. The first-order valence-electron chi connectivity index (χ1n) is 9.26. The molecule has 0 bridgehead atoms. The van der Waals surface area contributed by atoms with E-state index in [9.17, 15) is 4.79 Å². The second-order valence-corrected chi connectivity index (χ2v) is 7.57. The Kier molecular flexibility index (Phi) is 5.53. The van der Waals surface area contributed by atoms with Gasteiger partial charge in [0.05, 0.1) is 0 Å². The minimum Gasteiger partial charge on any atom is -0.410 e. The Morgan fingerprint density at radius 1 is 1.07 bits per heavy atom. The normalized spacial score (nSPS) is 12.5. The van der Waals surface area contributed by atoms with Gasteiger partial charge in [0, 0.05) is 29.4 Å². The number of carbonyl (C=O) groups is 1. The van der Waals surface area contributed by atoms with Gasteiger partial charge in [0.25, 0.3) is 0 Å². The van der Waals surface area contributed by atoms with Crippen molar-refractivity contribution in [2.45, 2.75) is 17.9 Å². The fraction of sp³-hybridized carbons (Fsp3) is 0.174. The fourth-order valence-electron chi connectivity index (χ4n) is 3.43. The molecule has 4 rings (SSSR count). The average Bonchev–Trinajstić information content (AvgIpc) is 3.11. The summed E-state index contributed by atoms with van der Waals surface area (Å²) >= 11 is 1.63. The highest BCUT2D eigenvalue weighted by atomic mass is 32.2. The van der Waals surface area contributed by atoms with Crippen LogP contribution in [0.4, 0.5) is 16.2 Å². The lowest BCUT2D eigenvalue weighted by atomic mass is 10.1. The molecule has 0 saturated heterocycles. The van der Waals surface area contributed by atoms with Crippen LogP contribution in [-0.2, 0) is 13.0 Å². The lowest BCUT2D eigenvalue weighted by molar-refractivity contribution is 0.215. The van der Waals surface area contributed by atoms with E-state index in [1.54, 1.807) is 11.8 Å². The number of nitrogens with one attached hydrogen (secondary N) is 1. The van der Waals surface area contributed by atoms with E-state index in [0.29, 0.717) is 5.75 Å². The monoisotopic (exact) mass is 390 g/mol. The third-order valence-electron chi connectivity index (χ3n) is 4.79. The summed E-state index contributed by atoms with van der Waals surface area (Å²) in [5, 5.41) is 2.79. The van der Waals surface area contributed by atoms with Crippen LogP contribution in [0.5, 0.6) is 5.75 Å². The maximum atomic E-state index is 12.2. The van der Waals surface area contributed by atoms with E-state index in [4.69, 9.17) is 4.74 Å². The minimum atomic E-state index is -0.475. The SMILES string of the molecule is CSc1cccc(NC(=O)Oc2ccc3c(c2)CCN3Cc2ccccc2)c1. The van der Waals surface area contributed by atoms with Gasteiger partial charge in [-0.3, -0.25) is 5.32 Å². The van der Waals surface area contributed by atoms with E-state index >= 15 is 0 Å². The van der Waals surface area contributed by atoms with Crippen molar-refractivity contribution < 1.29 is 9.53 Å². The third-order valence-corrected chi connectivity index (χ3v) is 5.51. The minimum absolute atomic E-state index is 0.475. The Balaban J connectivity index is 1.41. The number of thioether (sulfide) groups is 1. The van der Waals surface area contributed by atoms with Crippen molar-refractivity contribution in [3.8, 4) is 5.75 Å². The molecule has 3 aromatic rings. The van der Waals surface area contributed by atoms with Gasteiger partial charge in [-0.15, -0.1) is 11.8 Å². The maximum Gasteiger partial charge on any atom is 0.417 e. The summed E-state index contributed by atoms with van der Waals surface area (Å²) in [6.07, 6.45) is 2.48.